The molecule has 1 unspecified atom stereocenters. The third-order valence-corrected chi connectivity index (χ3v) is 4.25. The highest BCUT2D eigenvalue weighted by atomic mass is 35.5. The molecule has 0 saturated carbocycles. The Hall–Kier alpha value is -1.10. The van der Waals surface area contributed by atoms with Crippen LogP contribution in [0.3, 0.4) is 0 Å². The fraction of sp³-hybridized carbons (Fsp3) is 0.429. The normalized spacial score (nSPS) is 19.2. The molecule has 1 aromatic carbocycles. The van der Waals surface area contributed by atoms with Crippen molar-refractivity contribution in [3.8, 4) is 11.4 Å². The SMILES string of the molecule is Clc1ccc(-c2noc(CC3CCCNC3)n2)cc1Cl. The van der Waals surface area contributed by atoms with Crippen LogP contribution in [0.25, 0.3) is 11.4 Å². The smallest absolute Gasteiger partial charge is 0.227 e. The van der Waals surface area contributed by atoms with Crippen molar-refractivity contribution in [2.75, 3.05) is 13.1 Å². The van der Waals surface area contributed by atoms with Crippen LogP contribution in [0.2, 0.25) is 10.0 Å². The van der Waals surface area contributed by atoms with Gasteiger partial charge in [0.25, 0.3) is 0 Å². The molecule has 1 aromatic heterocycles. The van der Waals surface area contributed by atoms with E-state index in [2.05, 4.69) is 15.5 Å². The molecule has 1 aliphatic rings. The van der Waals surface area contributed by atoms with Gasteiger partial charge in [-0.3, -0.25) is 0 Å². The molecule has 2 heterocycles. The van der Waals surface area contributed by atoms with E-state index in [0.717, 1.165) is 25.1 Å². The van der Waals surface area contributed by atoms with E-state index in [0.29, 0.717) is 27.7 Å². The zero-order chi connectivity index (χ0) is 13.9. The van der Waals surface area contributed by atoms with E-state index in [1.165, 1.54) is 12.8 Å². The molecule has 3 rings (SSSR count). The fourth-order valence-corrected chi connectivity index (χ4v) is 2.73. The van der Waals surface area contributed by atoms with Gasteiger partial charge in [-0.05, 0) is 50.0 Å². The van der Waals surface area contributed by atoms with Crippen LogP contribution in [0.15, 0.2) is 22.7 Å². The van der Waals surface area contributed by atoms with Gasteiger partial charge in [0, 0.05) is 12.0 Å². The second-order valence-electron chi connectivity index (χ2n) is 5.06. The summed E-state index contributed by atoms with van der Waals surface area (Å²) >= 11 is 11.9. The molecule has 6 heteroatoms. The van der Waals surface area contributed by atoms with E-state index in [9.17, 15) is 0 Å². The largest absolute Gasteiger partial charge is 0.339 e. The topological polar surface area (TPSA) is 51.0 Å². The number of nitrogens with one attached hydrogen (secondary N) is 1. The third-order valence-electron chi connectivity index (χ3n) is 3.51. The quantitative estimate of drug-likeness (QED) is 0.941. The van der Waals surface area contributed by atoms with Crippen LogP contribution in [0.4, 0.5) is 0 Å². The van der Waals surface area contributed by atoms with Crippen molar-refractivity contribution in [3.05, 3.63) is 34.1 Å². The highest BCUT2D eigenvalue weighted by molar-refractivity contribution is 6.42. The average molecular weight is 312 g/mol. The number of aromatic nitrogens is 2. The van der Waals surface area contributed by atoms with Gasteiger partial charge in [-0.15, -0.1) is 0 Å². The number of hydrogen-bond donors (Lipinski definition) is 1. The lowest BCUT2D eigenvalue weighted by Gasteiger charge is -2.20. The van der Waals surface area contributed by atoms with Crippen molar-refractivity contribution in [1.29, 1.82) is 0 Å². The second-order valence-corrected chi connectivity index (χ2v) is 5.87. The minimum absolute atomic E-state index is 0.493. The summed E-state index contributed by atoms with van der Waals surface area (Å²) in [5.41, 5.74) is 0.816. The molecule has 20 heavy (non-hydrogen) atoms. The molecule has 0 radical (unpaired) electrons. The van der Waals surface area contributed by atoms with E-state index in [4.69, 9.17) is 27.7 Å². The Kier molecular flexibility index (Phi) is 4.24. The van der Waals surface area contributed by atoms with Gasteiger partial charge in [-0.1, -0.05) is 28.4 Å². The third kappa shape index (κ3) is 3.14. The first-order valence-corrected chi connectivity index (χ1v) is 7.46. The lowest BCUT2D eigenvalue weighted by atomic mass is 9.96. The van der Waals surface area contributed by atoms with E-state index in [1.54, 1.807) is 12.1 Å². The van der Waals surface area contributed by atoms with E-state index >= 15 is 0 Å². The van der Waals surface area contributed by atoms with Crippen molar-refractivity contribution < 1.29 is 4.52 Å². The predicted octanol–water partition coefficient (Wildman–Crippen LogP) is 3.59. The van der Waals surface area contributed by atoms with Crippen LogP contribution in [-0.4, -0.2) is 23.2 Å². The molecule has 0 amide bonds. The van der Waals surface area contributed by atoms with Gasteiger partial charge in [0.05, 0.1) is 10.0 Å². The van der Waals surface area contributed by atoms with Crippen molar-refractivity contribution in [2.24, 2.45) is 5.92 Å². The van der Waals surface area contributed by atoms with Crippen LogP contribution in [0, 0.1) is 5.92 Å². The van der Waals surface area contributed by atoms with E-state index < -0.39 is 0 Å². The van der Waals surface area contributed by atoms with Gasteiger partial charge in [-0.2, -0.15) is 4.98 Å². The van der Waals surface area contributed by atoms with Gasteiger partial charge in [0.2, 0.25) is 11.7 Å². The van der Waals surface area contributed by atoms with E-state index in [1.807, 2.05) is 6.07 Å². The molecule has 1 atom stereocenters. The Bertz CT molecular complexity index is 594. The standard InChI is InChI=1S/C14H15Cl2N3O/c15-11-4-3-10(7-12(11)16)14-18-13(20-19-14)6-9-2-1-5-17-8-9/h3-4,7,9,17H,1-2,5-6,8H2. The summed E-state index contributed by atoms with van der Waals surface area (Å²) in [5, 5.41) is 8.41. The fourth-order valence-electron chi connectivity index (χ4n) is 2.44. The second kappa shape index (κ2) is 6.12. The summed E-state index contributed by atoms with van der Waals surface area (Å²) in [4.78, 5) is 4.44. The summed E-state index contributed by atoms with van der Waals surface area (Å²) in [7, 11) is 0. The van der Waals surface area contributed by atoms with E-state index in [-0.39, 0.29) is 0 Å². The average Bonchev–Trinajstić information content (AvgIpc) is 2.91. The predicted molar refractivity (Wildman–Crippen MR) is 79.1 cm³/mol. The van der Waals surface area contributed by atoms with Crippen LogP contribution in [-0.2, 0) is 6.42 Å². The van der Waals surface area contributed by atoms with Crippen LogP contribution < -0.4 is 5.32 Å². The maximum Gasteiger partial charge on any atom is 0.227 e. The van der Waals surface area contributed by atoms with Crippen molar-refractivity contribution >= 4 is 23.2 Å². The molecule has 106 valence electrons. The molecule has 1 aliphatic heterocycles. The minimum Gasteiger partial charge on any atom is -0.339 e. The summed E-state index contributed by atoms with van der Waals surface area (Å²) in [6.07, 6.45) is 3.23. The maximum absolute atomic E-state index is 6.00. The van der Waals surface area contributed by atoms with Crippen LogP contribution in [0.5, 0.6) is 0 Å². The molecule has 1 saturated heterocycles. The number of piperidine rings is 1. The van der Waals surface area contributed by atoms with Crippen LogP contribution >= 0.6 is 23.2 Å². The van der Waals surface area contributed by atoms with Crippen molar-refractivity contribution in [1.82, 2.24) is 15.5 Å². The Balaban J connectivity index is 1.73. The molecule has 0 spiro atoms. The Labute approximate surface area is 127 Å². The van der Waals surface area contributed by atoms with Gasteiger partial charge in [0.15, 0.2) is 0 Å². The summed E-state index contributed by atoms with van der Waals surface area (Å²) in [6, 6.07) is 5.33. The van der Waals surface area contributed by atoms with Gasteiger partial charge in [-0.25, -0.2) is 0 Å². The zero-order valence-electron chi connectivity index (χ0n) is 10.9. The molecular formula is C14H15Cl2N3O. The molecule has 0 bridgehead atoms. The first kappa shape index (κ1) is 13.9. The molecule has 2 aromatic rings. The van der Waals surface area contributed by atoms with Gasteiger partial charge >= 0.3 is 0 Å². The molecule has 4 nitrogen and oxygen atoms in total. The lowest BCUT2D eigenvalue weighted by Crippen LogP contribution is -2.30. The first-order valence-electron chi connectivity index (χ1n) is 6.71. The lowest BCUT2D eigenvalue weighted by molar-refractivity contribution is 0.316. The zero-order valence-corrected chi connectivity index (χ0v) is 12.4. The van der Waals surface area contributed by atoms with Gasteiger partial charge < -0.3 is 9.84 Å². The molecule has 1 N–H and O–H groups in total. The van der Waals surface area contributed by atoms with Gasteiger partial charge in [0.1, 0.15) is 0 Å². The molecular weight excluding hydrogens is 297 g/mol. The molecule has 1 fully saturated rings. The van der Waals surface area contributed by atoms with Crippen molar-refractivity contribution in [2.45, 2.75) is 19.3 Å². The maximum atomic E-state index is 6.00. The number of halogens is 2. The van der Waals surface area contributed by atoms with Crippen molar-refractivity contribution in [3.63, 3.8) is 0 Å². The first-order chi connectivity index (χ1) is 9.72. The number of nitrogens with zero attached hydrogens (tertiary/aromatic N) is 2. The Morgan fingerprint density at radius 3 is 2.95 bits per heavy atom. The monoisotopic (exact) mass is 311 g/mol. The minimum atomic E-state index is 0.493. The number of rotatable bonds is 3. The summed E-state index contributed by atoms with van der Waals surface area (Å²) < 4.78 is 5.33. The highest BCUT2D eigenvalue weighted by Crippen LogP contribution is 2.27. The number of benzene rings is 1. The Morgan fingerprint density at radius 2 is 2.20 bits per heavy atom. The highest BCUT2D eigenvalue weighted by Gasteiger charge is 2.18. The summed E-state index contributed by atoms with van der Waals surface area (Å²) in [6.45, 7) is 2.12. The molecule has 0 aliphatic carbocycles. The number of hydrogen-bond acceptors (Lipinski definition) is 4. The summed E-state index contributed by atoms with van der Waals surface area (Å²) in [5.74, 6) is 1.81. The van der Waals surface area contributed by atoms with Crippen LogP contribution in [0.1, 0.15) is 18.7 Å². The Morgan fingerprint density at radius 1 is 1.30 bits per heavy atom.